The third-order valence-corrected chi connectivity index (χ3v) is 4.58. The summed E-state index contributed by atoms with van der Waals surface area (Å²) >= 11 is 7.22. The first-order valence-electron chi connectivity index (χ1n) is 6.81. The fraction of sp³-hybridized carbons (Fsp3) is 0.357. The second-order valence-electron chi connectivity index (χ2n) is 5.06. The van der Waals surface area contributed by atoms with Crippen molar-refractivity contribution < 1.29 is 4.79 Å². The van der Waals surface area contributed by atoms with Crippen LogP contribution in [0.1, 0.15) is 30.9 Å². The summed E-state index contributed by atoms with van der Waals surface area (Å²) in [5.41, 5.74) is 2.66. The summed E-state index contributed by atoms with van der Waals surface area (Å²) in [7, 11) is 0. The average Bonchev–Trinajstić information content (AvgIpc) is 2.89. The zero-order chi connectivity index (χ0) is 14.7. The molecular formula is C14H15ClN4OS. The average molecular weight is 323 g/mol. The second-order valence-corrected chi connectivity index (χ2v) is 6.33. The third-order valence-electron chi connectivity index (χ3n) is 3.72. The van der Waals surface area contributed by atoms with Crippen LogP contribution in [-0.2, 0) is 0 Å². The molecule has 21 heavy (non-hydrogen) atoms. The first-order chi connectivity index (χ1) is 10.2. The number of hydrogen-bond acceptors (Lipinski definition) is 4. The molecule has 1 saturated carbocycles. The Morgan fingerprint density at radius 3 is 2.67 bits per heavy atom. The first kappa shape index (κ1) is 14.3. The van der Waals surface area contributed by atoms with Gasteiger partial charge in [0.25, 0.3) is 0 Å². The predicted molar refractivity (Wildman–Crippen MR) is 83.6 cm³/mol. The van der Waals surface area contributed by atoms with Crippen LogP contribution >= 0.6 is 22.9 Å². The van der Waals surface area contributed by atoms with Crippen molar-refractivity contribution in [3.63, 3.8) is 0 Å². The van der Waals surface area contributed by atoms with E-state index in [4.69, 9.17) is 11.6 Å². The molecule has 0 radical (unpaired) electrons. The molecule has 0 saturated heterocycles. The van der Waals surface area contributed by atoms with Crippen LogP contribution in [0.3, 0.4) is 0 Å². The van der Waals surface area contributed by atoms with E-state index in [1.165, 1.54) is 17.8 Å². The SMILES string of the molecule is O=C(Nc1nncs1)N[C@H](c1ccc(Cl)cc1)C1CCC1. The third kappa shape index (κ3) is 3.51. The highest BCUT2D eigenvalue weighted by Gasteiger charge is 2.29. The summed E-state index contributed by atoms with van der Waals surface area (Å²) in [4.78, 5) is 12.1. The lowest BCUT2D eigenvalue weighted by Gasteiger charge is -2.34. The molecule has 2 amide bonds. The summed E-state index contributed by atoms with van der Waals surface area (Å²) in [6.45, 7) is 0. The fourth-order valence-electron chi connectivity index (χ4n) is 2.42. The van der Waals surface area contributed by atoms with Crippen molar-refractivity contribution in [3.05, 3.63) is 40.4 Å². The molecule has 1 aromatic heterocycles. The topological polar surface area (TPSA) is 66.9 Å². The van der Waals surface area contributed by atoms with Crippen LogP contribution in [0, 0.1) is 5.92 Å². The molecule has 1 fully saturated rings. The largest absolute Gasteiger partial charge is 0.331 e. The van der Waals surface area contributed by atoms with Gasteiger partial charge >= 0.3 is 6.03 Å². The Kier molecular flexibility index (Phi) is 4.36. The van der Waals surface area contributed by atoms with Crippen LogP contribution in [-0.4, -0.2) is 16.2 Å². The number of anilines is 1. The number of halogens is 1. The van der Waals surface area contributed by atoms with Crippen molar-refractivity contribution in [2.45, 2.75) is 25.3 Å². The highest BCUT2D eigenvalue weighted by molar-refractivity contribution is 7.13. The quantitative estimate of drug-likeness (QED) is 0.898. The van der Waals surface area contributed by atoms with Gasteiger partial charge in [0.05, 0.1) is 6.04 Å². The minimum atomic E-state index is -0.251. The van der Waals surface area contributed by atoms with Gasteiger partial charge in [0, 0.05) is 5.02 Å². The molecular weight excluding hydrogens is 308 g/mol. The van der Waals surface area contributed by atoms with E-state index in [1.807, 2.05) is 24.3 Å². The molecule has 1 aromatic carbocycles. The minimum absolute atomic E-state index is 0.00365. The molecule has 7 heteroatoms. The number of nitrogens with one attached hydrogen (secondary N) is 2. The number of carbonyl (C=O) groups is 1. The number of nitrogens with zero attached hydrogens (tertiary/aromatic N) is 2. The molecule has 1 atom stereocenters. The van der Waals surface area contributed by atoms with E-state index < -0.39 is 0 Å². The molecule has 1 heterocycles. The van der Waals surface area contributed by atoms with Gasteiger partial charge < -0.3 is 5.32 Å². The van der Waals surface area contributed by atoms with Crippen molar-refractivity contribution in [1.29, 1.82) is 0 Å². The number of carbonyl (C=O) groups excluding carboxylic acids is 1. The van der Waals surface area contributed by atoms with E-state index in [0.29, 0.717) is 16.1 Å². The first-order valence-corrected chi connectivity index (χ1v) is 8.07. The lowest BCUT2D eigenvalue weighted by atomic mass is 9.77. The van der Waals surface area contributed by atoms with Gasteiger partial charge in [-0.25, -0.2) is 4.79 Å². The zero-order valence-electron chi connectivity index (χ0n) is 11.3. The molecule has 1 aliphatic carbocycles. The van der Waals surface area contributed by atoms with Crippen LogP contribution in [0.25, 0.3) is 0 Å². The molecule has 5 nitrogen and oxygen atoms in total. The van der Waals surface area contributed by atoms with Crippen molar-refractivity contribution in [2.24, 2.45) is 5.92 Å². The lowest BCUT2D eigenvalue weighted by molar-refractivity contribution is 0.216. The number of rotatable bonds is 4. The van der Waals surface area contributed by atoms with E-state index >= 15 is 0 Å². The number of benzene rings is 1. The van der Waals surface area contributed by atoms with Gasteiger partial charge in [0.1, 0.15) is 5.51 Å². The summed E-state index contributed by atoms with van der Waals surface area (Å²) < 4.78 is 0. The van der Waals surface area contributed by atoms with Gasteiger partial charge in [0.2, 0.25) is 5.13 Å². The zero-order valence-corrected chi connectivity index (χ0v) is 12.8. The molecule has 0 unspecified atom stereocenters. The predicted octanol–water partition coefficient (Wildman–Crippen LogP) is 3.85. The van der Waals surface area contributed by atoms with Crippen molar-refractivity contribution >= 4 is 34.1 Å². The molecule has 2 N–H and O–H groups in total. The van der Waals surface area contributed by atoms with Gasteiger partial charge in [-0.05, 0) is 36.5 Å². The van der Waals surface area contributed by atoms with Crippen LogP contribution in [0.2, 0.25) is 5.02 Å². The van der Waals surface area contributed by atoms with Gasteiger partial charge in [-0.1, -0.05) is 41.5 Å². The number of hydrogen-bond donors (Lipinski definition) is 2. The maximum atomic E-state index is 12.1. The molecule has 0 spiro atoms. The maximum Gasteiger partial charge on any atom is 0.321 e. The van der Waals surface area contributed by atoms with Gasteiger partial charge in [0.15, 0.2) is 0 Å². The Balaban J connectivity index is 1.70. The highest BCUT2D eigenvalue weighted by Crippen LogP contribution is 2.38. The van der Waals surface area contributed by atoms with Crippen LogP contribution in [0.15, 0.2) is 29.8 Å². The standard InChI is InChI=1S/C14H15ClN4OS/c15-11-6-4-10(5-7-11)12(9-2-1-3-9)17-13(20)18-14-19-16-8-21-14/h4-9,12H,1-3H2,(H2,17,18,19,20)/t12-/m0/s1. The normalized spacial score (nSPS) is 16.0. The van der Waals surface area contributed by atoms with Crippen LogP contribution in [0.4, 0.5) is 9.93 Å². The Hall–Kier alpha value is -1.66. The molecule has 1 aliphatic rings. The van der Waals surface area contributed by atoms with E-state index in [1.54, 1.807) is 5.51 Å². The van der Waals surface area contributed by atoms with Crippen molar-refractivity contribution in [3.8, 4) is 0 Å². The summed E-state index contributed by atoms with van der Waals surface area (Å²) in [6.07, 6.45) is 3.48. The lowest BCUT2D eigenvalue weighted by Crippen LogP contribution is -2.38. The van der Waals surface area contributed by atoms with Crippen LogP contribution < -0.4 is 10.6 Å². The molecule has 0 aliphatic heterocycles. The number of urea groups is 1. The Morgan fingerprint density at radius 1 is 1.33 bits per heavy atom. The smallest absolute Gasteiger partial charge is 0.321 e. The summed E-state index contributed by atoms with van der Waals surface area (Å²) in [5, 5.41) is 14.4. The van der Waals surface area contributed by atoms with Crippen LogP contribution in [0.5, 0.6) is 0 Å². The van der Waals surface area contributed by atoms with Gasteiger partial charge in [-0.2, -0.15) is 0 Å². The second kappa shape index (κ2) is 6.41. The van der Waals surface area contributed by atoms with E-state index in [0.717, 1.165) is 18.4 Å². The molecule has 0 bridgehead atoms. The summed E-state index contributed by atoms with van der Waals surface area (Å²) in [6, 6.07) is 7.40. The van der Waals surface area contributed by atoms with E-state index in [-0.39, 0.29) is 12.1 Å². The van der Waals surface area contributed by atoms with Crippen molar-refractivity contribution in [1.82, 2.24) is 15.5 Å². The molecule has 3 rings (SSSR count). The van der Waals surface area contributed by atoms with Crippen molar-refractivity contribution in [2.75, 3.05) is 5.32 Å². The minimum Gasteiger partial charge on any atom is -0.331 e. The number of aromatic nitrogens is 2. The highest BCUT2D eigenvalue weighted by atomic mass is 35.5. The van der Waals surface area contributed by atoms with Gasteiger partial charge in [-0.3, -0.25) is 5.32 Å². The fourth-order valence-corrected chi connectivity index (χ4v) is 2.98. The number of amides is 2. The Bertz CT molecular complexity index is 598. The maximum absolute atomic E-state index is 12.1. The molecule has 2 aromatic rings. The van der Waals surface area contributed by atoms with E-state index in [9.17, 15) is 4.79 Å². The Morgan fingerprint density at radius 2 is 2.10 bits per heavy atom. The van der Waals surface area contributed by atoms with E-state index in [2.05, 4.69) is 20.8 Å². The van der Waals surface area contributed by atoms with Gasteiger partial charge in [-0.15, -0.1) is 10.2 Å². The Labute approximate surface area is 131 Å². The molecule has 110 valence electrons. The summed E-state index contributed by atoms with van der Waals surface area (Å²) in [5.74, 6) is 0.478. The monoisotopic (exact) mass is 322 g/mol.